The van der Waals surface area contributed by atoms with Gasteiger partial charge in [0.05, 0.1) is 12.7 Å². The number of hydrogen-bond donors (Lipinski definition) is 1. The maximum absolute atomic E-state index is 11.1. The fourth-order valence-electron chi connectivity index (χ4n) is 1.21. The number of ketones is 1. The molecule has 0 amide bonds. The molecule has 16 heavy (non-hydrogen) atoms. The van der Waals surface area contributed by atoms with Gasteiger partial charge in [0.1, 0.15) is 6.04 Å². The van der Waals surface area contributed by atoms with Crippen LogP contribution in [0.4, 0.5) is 0 Å². The first-order valence-corrected chi connectivity index (χ1v) is 5.06. The van der Waals surface area contributed by atoms with Gasteiger partial charge in [-0.2, -0.15) is 0 Å². The quantitative estimate of drug-likeness (QED) is 0.594. The van der Waals surface area contributed by atoms with Crippen molar-refractivity contribution in [2.45, 2.75) is 25.7 Å². The molecular formula is C13H15NO2. The molecule has 0 aliphatic rings. The number of ether oxygens (including phenoxy) is 1. The molecule has 0 bridgehead atoms. The Kier molecular flexibility index (Phi) is 4.71. The molecule has 0 fully saturated rings. The number of carbonyl (C=O) groups is 1. The van der Waals surface area contributed by atoms with E-state index in [0.717, 1.165) is 5.56 Å². The van der Waals surface area contributed by atoms with Crippen LogP contribution in [0.25, 0.3) is 0 Å². The molecule has 0 saturated carbocycles. The van der Waals surface area contributed by atoms with Crippen molar-refractivity contribution in [3.8, 4) is 12.3 Å². The topological polar surface area (TPSA) is 52.3 Å². The van der Waals surface area contributed by atoms with Crippen LogP contribution in [0, 0.1) is 12.3 Å². The van der Waals surface area contributed by atoms with E-state index < -0.39 is 11.8 Å². The maximum Gasteiger partial charge on any atom is 0.224 e. The van der Waals surface area contributed by atoms with Crippen LogP contribution in [0.1, 0.15) is 12.5 Å². The molecule has 0 radical (unpaired) electrons. The van der Waals surface area contributed by atoms with Crippen LogP contribution in [-0.2, 0) is 16.1 Å². The van der Waals surface area contributed by atoms with Crippen LogP contribution in [0.3, 0.4) is 0 Å². The third kappa shape index (κ3) is 3.50. The molecule has 1 aromatic carbocycles. The van der Waals surface area contributed by atoms with Crippen molar-refractivity contribution < 1.29 is 9.53 Å². The first-order chi connectivity index (χ1) is 7.65. The normalized spacial score (nSPS) is 13.8. The molecule has 1 aromatic rings. The number of nitrogens with two attached hydrogens (primary N) is 1. The second-order valence-corrected chi connectivity index (χ2v) is 3.54. The summed E-state index contributed by atoms with van der Waals surface area (Å²) in [5.41, 5.74) is 6.66. The summed E-state index contributed by atoms with van der Waals surface area (Å²) < 4.78 is 5.47. The highest BCUT2D eigenvalue weighted by atomic mass is 16.5. The lowest BCUT2D eigenvalue weighted by molar-refractivity contribution is -0.118. The zero-order valence-corrected chi connectivity index (χ0v) is 9.22. The minimum absolute atomic E-state index is 0.385. The Balaban J connectivity index is 2.45. The summed E-state index contributed by atoms with van der Waals surface area (Å²) in [4.78, 5) is 11.1. The highest BCUT2D eigenvalue weighted by molar-refractivity contribution is 5.99. The Morgan fingerprint density at radius 3 is 2.69 bits per heavy atom. The molecule has 0 saturated heterocycles. The van der Waals surface area contributed by atoms with Crippen LogP contribution < -0.4 is 5.73 Å². The standard InChI is InChI=1S/C13H15NO2/c1-3-12(15)13(14)10(2)16-9-11-7-5-4-6-8-11/h1,4-8,10,13H,9,14H2,2H3/t10-,13+/m0/s1. The van der Waals surface area contributed by atoms with Crippen molar-refractivity contribution in [1.29, 1.82) is 0 Å². The Hall–Kier alpha value is -1.63. The minimum atomic E-state index is -0.756. The van der Waals surface area contributed by atoms with Gasteiger partial charge in [0.15, 0.2) is 0 Å². The van der Waals surface area contributed by atoms with E-state index >= 15 is 0 Å². The molecule has 0 aliphatic heterocycles. The molecule has 0 aromatic heterocycles. The molecule has 2 N–H and O–H groups in total. The molecule has 3 heteroatoms. The second kappa shape index (κ2) is 6.06. The first-order valence-electron chi connectivity index (χ1n) is 5.06. The lowest BCUT2D eigenvalue weighted by Gasteiger charge is -2.17. The Morgan fingerprint density at radius 1 is 1.50 bits per heavy atom. The van der Waals surface area contributed by atoms with Gasteiger partial charge in [0.25, 0.3) is 0 Å². The van der Waals surface area contributed by atoms with Crippen molar-refractivity contribution in [2.75, 3.05) is 0 Å². The van der Waals surface area contributed by atoms with Gasteiger partial charge < -0.3 is 10.5 Å². The van der Waals surface area contributed by atoms with Crippen LogP contribution in [-0.4, -0.2) is 17.9 Å². The van der Waals surface area contributed by atoms with Gasteiger partial charge in [0.2, 0.25) is 5.78 Å². The van der Waals surface area contributed by atoms with E-state index in [0.29, 0.717) is 6.61 Å². The van der Waals surface area contributed by atoms with E-state index in [-0.39, 0.29) is 6.10 Å². The Bertz CT molecular complexity index is 381. The lowest BCUT2D eigenvalue weighted by Crippen LogP contribution is -2.41. The van der Waals surface area contributed by atoms with Crippen LogP contribution in [0.2, 0.25) is 0 Å². The number of Topliss-reactive ketones (excluding diaryl/α,β-unsaturated/α-hetero) is 1. The van der Waals surface area contributed by atoms with Gasteiger partial charge in [-0.1, -0.05) is 30.3 Å². The fraction of sp³-hybridized carbons (Fsp3) is 0.308. The Labute approximate surface area is 95.6 Å². The van der Waals surface area contributed by atoms with E-state index in [1.54, 1.807) is 6.92 Å². The summed E-state index contributed by atoms with van der Waals surface area (Å²) in [6.07, 6.45) is 4.60. The third-order valence-electron chi connectivity index (χ3n) is 2.31. The molecule has 0 unspecified atom stereocenters. The summed E-state index contributed by atoms with van der Waals surface area (Å²) in [5.74, 6) is 1.57. The average molecular weight is 217 g/mol. The third-order valence-corrected chi connectivity index (χ3v) is 2.31. The van der Waals surface area contributed by atoms with Crippen molar-refractivity contribution in [1.82, 2.24) is 0 Å². The summed E-state index contributed by atoms with van der Waals surface area (Å²) >= 11 is 0. The van der Waals surface area contributed by atoms with Crippen molar-refractivity contribution >= 4 is 5.78 Å². The number of terminal acetylenes is 1. The number of carbonyl (C=O) groups excluding carboxylic acids is 1. The second-order valence-electron chi connectivity index (χ2n) is 3.54. The average Bonchev–Trinajstić information content (AvgIpc) is 2.35. The predicted molar refractivity (Wildman–Crippen MR) is 62.5 cm³/mol. The highest BCUT2D eigenvalue weighted by Crippen LogP contribution is 2.05. The summed E-state index contributed by atoms with van der Waals surface area (Å²) in [6.45, 7) is 2.16. The number of rotatable bonds is 5. The van der Waals surface area contributed by atoms with Crippen LogP contribution in [0.15, 0.2) is 30.3 Å². The van der Waals surface area contributed by atoms with Crippen LogP contribution >= 0.6 is 0 Å². The molecule has 2 atom stereocenters. The summed E-state index contributed by atoms with van der Waals surface area (Å²) in [5, 5.41) is 0. The SMILES string of the molecule is C#CC(=O)[C@H](N)[C@H](C)OCc1ccccc1. The van der Waals surface area contributed by atoms with Crippen molar-refractivity contribution in [3.05, 3.63) is 35.9 Å². The molecule has 0 spiro atoms. The van der Waals surface area contributed by atoms with E-state index in [1.807, 2.05) is 36.3 Å². The molecule has 84 valence electrons. The Morgan fingerprint density at radius 2 is 2.12 bits per heavy atom. The van der Waals surface area contributed by atoms with Crippen molar-refractivity contribution in [3.63, 3.8) is 0 Å². The number of hydrogen-bond acceptors (Lipinski definition) is 3. The summed E-state index contributed by atoms with van der Waals surface area (Å²) in [7, 11) is 0. The zero-order valence-electron chi connectivity index (χ0n) is 9.22. The smallest absolute Gasteiger partial charge is 0.224 e. The minimum Gasteiger partial charge on any atom is -0.372 e. The van der Waals surface area contributed by atoms with E-state index in [2.05, 4.69) is 0 Å². The maximum atomic E-state index is 11.1. The molecule has 3 nitrogen and oxygen atoms in total. The van der Waals surface area contributed by atoms with E-state index in [1.165, 1.54) is 0 Å². The molecule has 0 heterocycles. The van der Waals surface area contributed by atoms with E-state index in [9.17, 15) is 4.79 Å². The first kappa shape index (κ1) is 12.4. The largest absolute Gasteiger partial charge is 0.372 e. The van der Waals surface area contributed by atoms with Gasteiger partial charge in [0, 0.05) is 0 Å². The summed E-state index contributed by atoms with van der Waals surface area (Å²) in [6, 6.07) is 8.92. The molecule has 1 rings (SSSR count). The zero-order chi connectivity index (χ0) is 12.0. The molecular weight excluding hydrogens is 202 g/mol. The van der Waals surface area contributed by atoms with E-state index in [4.69, 9.17) is 16.9 Å². The van der Waals surface area contributed by atoms with Gasteiger partial charge in [-0.3, -0.25) is 4.79 Å². The lowest BCUT2D eigenvalue weighted by atomic mass is 10.1. The fourth-order valence-corrected chi connectivity index (χ4v) is 1.21. The van der Waals surface area contributed by atoms with Gasteiger partial charge in [-0.05, 0) is 18.4 Å². The predicted octanol–water partition coefficient (Wildman–Crippen LogP) is 1.12. The van der Waals surface area contributed by atoms with Crippen LogP contribution in [0.5, 0.6) is 0 Å². The van der Waals surface area contributed by atoms with Gasteiger partial charge >= 0.3 is 0 Å². The monoisotopic (exact) mass is 217 g/mol. The van der Waals surface area contributed by atoms with Gasteiger partial charge in [-0.15, -0.1) is 6.42 Å². The number of benzene rings is 1. The van der Waals surface area contributed by atoms with Crippen molar-refractivity contribution in [2.24, 2.45) is 5.73 Å². The highest BCUT2D eigenvalue weighted by Gasteiger charge is 2.19. The molecule has 0 aliphatic carbocycles. The van der Waals surface area contributed by atoms with Gasteiger partial charge in [-0.25, -0.2) is 0 Å².